The number of hydrogen-bond donors (Lipinski definition) is 5. The molecule has 4 aliphatic rings. The van der Waals surface area contributed by atoms with Crippen molar-refractivity contribution in [3.05, 3.63) is 70.8 Å². The first-order valence-electron chi connectivity index (χ1n) is 14.3. The molecule has 38 heavy (non-hydrogen) atoms. The van der Waals surface area contributed by atoms with Crippen LogP contribution in [0, 0.1) is 17.8 Å². The highest BCUT2D eigenvalue weighted by Crippen LogP contribution is 2.34. The Hall–Kier alpha value is -2.48. The minimum atomic E-state index is -0.955. The van der Waals surface area contributed by atoms with Gasteiger partial charge in [-0.1, -0.05) is 47.6 Å². The average Bonchev–Trinajstić information content (AvgIpc) is 3.77. The maximum atomic E-state index is 13.6. The van der Waals surface area contributed by atoms with Gasteiger partial charge in [0.1, 0.15) is 12.1 Å². The van der Waals surface area contributed by atoms with Crippen molar-refractivity contribution < 1.29 is 19.5 Å². The number of halogens is 1. The Morgan fingerprint density at radius 2 is 1.97 bits per heavy atom. The van der Waals surface area contributed by atoms with E-state index < -0.39 is 6.23 Å². The summed E-state index contributed by atoms with van der Waals surface area (Å²) in [7, 11) is 0. The Labute approximate surface area is 226 Å². The first-order chi connectivity index (χ1) is 18.4. The van der Waals surface area contributed by atoms with Crippen LogP contribution in [0.25, 0.3) is 0 Å². The van der Waals surface area contributed by atoms with Crippen molar-refractivity contribution in [2.24, 2.45) is 17.8 Å². The number of rotatable bonds is 13. The summed E-state index contributed by atoms with van der Waals surface area (Å²) in [6.45, 7) is 2.97. The van der Waals surface area contributed by atoms with E-state index in [0.29, 0.717) is 30.7 Å². The van der Waals surface area contributed by atoms with Gasteiger partial charge < -0.3 is 20.9 Å². The maximum Gasteiger partial charge on any atom is 0.227 e. The van der Waals surface area contributed by atoms with Gasteiger partial charge in [-0.15, -0.1) is 0 Å². The molecule has 6 nitrogen and oxygen atoms in total. The molecule has 0 aromatic rings. The normalized spacial score (nSPS) is 25.5. The Morgan fingerprint density at radius 1 is 1.13 bits per heavy atom. The third kappa shape index (κ3) is 8.52. The third-order valence-corrected chi connectivity index (χ3v) is 8.30. The molecule has 0 heterocycles. The molecule has 1 amide bonds. The molecule has 0 spiro atoms. The van der Waals surface area contributed by atoms with E-state index >= 15 is 0 Å². The predicted molar refractivity (Wildman–Crippen MR) is 148 cm³/mol. The molecule has 1 saturated carbocycles. The molecule has 0 bridgehead atoms. The van der Waals surface area contributed by atoms with Crippen LogP contribution >= 0.6 is 0 Å². The summed E-state index contributed by atoms with van der Waals surface area (Å²) in [5, 5.41) is 25.4. The van der Waals surface area contributed by atoms with Crippen LogP contribution in [0.4, 0.5) is 4.39 Å². The molecular formula is C31H44FN3O3. The molecule has 0 radical (unpaired) electrons. The van der Waals surface area contributed by atoms with Gasteiger partial charge in [0.05, 0.1) is 5.92 Å². The summed E-state index contributed by atoms with van der Waals surface area (Å²) in [5.41, 5.74) is 6.41. The van der Waals surface area contributed by atoms with Crippen molar-refractivity contribution in [3.8, 4) is 0 Å². The number of nitrogens with one attached hydrogen (secondary N) is 3. The number of hydrogen-bond acceptors (Lipinski definition) is 5. The zero-order valence-corrected chi connectivity index (χ0v) is 22.6. The van der Waals surface area contributed by atoms with Crippen LogP contribution in [-0.2, 0) is 4.79 Å². The third-order valence-electron chi connectivity index (χ3n) is 8.30. The first-order valence-corrected chi connectivity index (χ1v) is 14.3. The first kappa shape index (κ1) is 28.5. The Kier molecular flexibility index (Phi) is 10.6. The van der Waals surface area contributed by atoms with Crippen LogP contribution in [0.2, 0.25) is 0 Å². The van der Waals surface area contributed by atoms with Crippen molar-refractivity contribution in [2.75, 3.05) is 6.54 Å². The van der Waals surface area contributed by atoms with Crippen LogP contribution in [0.5, 0.6) is 0 Å². The average molecular weight is 526 g/mol. The lowest BCUT2D eigenvalue weighted by atomic mass is 9.81. The van der Waals surface area contributed by atoms with E-state index in [2.05, 4.69) is 41.9 Å². The molecule has 208 valence electrons. The van der Waals surface area contributed by atoms with E-state index in [-0.39, 0.29) is 17.7 Å². The molecule has 0 saturated heterocycles. The summed E-state index contributed by atoms with van der Waals surface area (Å²) in [5.74, 6) is 0.652. The number of amides is 1. The van der Waals surface area contributed by atoms with Crippen LogP contribution in [-0.4, -0.2) is 35.0 Å². The minimum Gasteiger partial charge on any atom is -0.388 e. The SMILES string of the molecule is C/C=C(\CCC1=CCC(CC(C(=O)NC2CC2)C2=CC=C(F)CC2)C=C1)NCC1CC=C(C(O)NO)CC1. The zero-order valence-electron chi connectivity index (χ0n) is 22.6. The second-order valence-electron chi connectivity index (χ2n) is 11.2. The number of carbonyl (C=O) groups excluding carboxylic acids is 1. The molecule has 7 heteroatoms. The molecule has 0 aromatic heterocycles. The quantitative estimate of drug-likeness (QED) is 0.122. The monoisotopic (exact) mass is 525 g/mol. The Bertz CT molecular complexity index is 1020. The van der Waals surface area contributed by atoms with Gasteiger partial charge in [0, 0.05) is 24.7 Å². The van der Waals surface area contributed by atoms with Crippen molar-refractivity contribution >= 4 is 5.91 Å². The topological polar surface area (TPSA) is 93.6 Å². The second kappa shape index (κ2) is 14.1. The summed E-state index contributed by atoms with van der Waals surface area (Å²) >= 11 is 0. The van der Waals surface area contributed by atoms with Gasteiger partial charge in [-0.25, -0.2) is 4.39 Å². The van der Waals surface area contributed by atoms with E-state index in [1.807, 2.05) is 17.6 Å². The zero-order chi connectivity index (χ0) is 26.9. The number of aliphatic hydroxyl groups excluding tert-OH is 1. The standard InChI is InChI=1S/C31H44FN3O3/c1-2-27(33-20-23-7-10-25(11-8-23)30(36)35-38)16-9-21-3-5-22(6-4-21)19-29(31(37)34-28-17-18-28)24-12-14-26(32)15-13-24/h2-5,10,12,14,22-23,28-30,33,35-36,38H,6-9,11,13,15-20H2,1H3,(H,34,37)/b27-2+. The Balaban J connectivity index is 1.22. The van der Waals surface area contributed by atoms with E-state index in [0.717, 1.165) is 75.5 Å². The van der Waals surface area contributed by atoms with Crippen molar-refractivity contribution in [2.45, 2.75) is 89.8 Å². The van der Waals surface area contributed by atoms with Gasteiger partial charge in [0.25, 0.3) is 0 Å². The highest BCUT2D eigenvalue weighted by molar-refractivity contribution is 5.82. The molecule has 5 N–H and O–H groups in total. The van der Waals surface area contributed by atoms with Crippen LogP contribution in [0.15, 0.2) is 70.8 Å². The fraction of sp³-hybridized carbons (Fsp3) is 0.581. The van der Waals surface area contributed by atoms with E-state index in [1.54, 1.807) is 0 Å². The molecule has 4 rings (SSSR count). The second-order valence-corrected chi connectivity index (χ2v) is 11.2. The van der Waals surface area contributed by atoms with E-state index in [1.165, 1.54) is 17.3 Å². The summed E-state index contributed by atoms with van der Waals surface area (Å²) < 4.78 is 13.6. The van der Waals surface area contributed by atoms with Crippen LogP contribution in [0.3, 0.4) is 0 Å². The molecule has 4 atom stereocenters. The van der Waals surface area contributed by atoms with Crippen molar-refractivity contribution in [3.63, 3.8) is 0 Å². The minimum absolute atomic E-state index is 0.102. The highest BCUT2D eigenvalue weighted by atomic mass is 19.1. The smallest absolute Gasteiger partial charge is 0.227 e. The molecule has 0 aromatic carbocycles. The Morgan fingerprint density at radius 3 is 2.58 bits per heavy atom. The summed E-state index contributed by atoms with van der Waals surface area (Å²) in [6, 6.07) is 0.327. The van der Waals surface area contributed by atoms with E-state index in [4.69, 9.17) is 5.21 Å². The number of carbonyl (C=O) groups is 1. The molecule has 4 aliphatic carbocycles. The van der Waals surface area contributed by atoms with Crippen molar-refractivity contribution in [1.29, 1.82) is 0 Å². The van der Waals surface area contributed by atoms with Gasteiger partial charge in [-0.2, -0.15) is 5.48 Å². The lowest BCUT2D eigenvalue weighted by Crippen LogP contribution is -2.34. The van der Waals surface area contributed by atoms with Gasteiger partial charge in [-0.3, -0.25) is 4.79 Å². The molecule has 1 fully saturated rings. The summed E-state index contributed by atoms with van der Waals surface area (Å²) in [4.78, 5) is 13.0. The van der Waals surface area contributed by atoms with Gasteiger partial charge in [0.2, 0.25) is 5.91 Å². The number of allylic oxidation sites excluding steroid dienone is 10. The fourth-order valence-electron chi connectivity index (χ4n) is 5.56. The lowest BCUT2D eigenvalue weighted by molar-refractivity contribution is -0.124. The number of aliphatic hydroxyl groups is 1. The number of hydroxylamine groups is 1. The molecule has 4 unspecified atom stereocenters. The van der Waals surface area contributed by atoms with Crippen LogP contribution in [0.1, 0.15) is 77.6 Å². The van der Waals surface area contributed by atoms with Crippen LogP contribution < -0.4 is 16.1 Å². The fourth-order valence-corrected chi connectivity index (χ4v) is 5.56. The van der Waals surface area contributed by atoms with Crippen molar-refractivity contribution in [1.82, 2.24) is 16.1 Å². The van der Waals surface area contributed by atoms with Gasteiger partial charge >= 0.3 is 0 Å². The predicted octanol–water partition coefficient (Wildman–Crippen LogP) is 5.64. The molecule has 0 aliphatic heterocycles. The summed E-state index contributed by atoms with van der Waals surface area (Å²) in [6.07, 6.45) is 22.8. The van der Waals surface area contributed by atoms with E-state index in [9.17, 15) is 14.3 Å². The maximum absolute atomic E-state index is 13.6. The molecular weight excluding hydrogens is 481 g/mol. The lowest BCUT2D eigenvalue weighted by Gasteiger charge is -2.26. The largest absolute Gasteiger partial charge is 0.388 e. The van der Waals surface area contributed by atoms with Gasteiger partial charge in [0.15, 0.2) is 0 Å². The van der Waals surface area contributed by atoms with Gasteiger partial charge in [-0.05, 0) is 94.6 Å². The highest BCUT2D eigenvalue weighted by Gasteiger charge is 2.31.